The van der Waals surface area contributed by atoms with Crippen LogP contribution < -0.4 is 5.32 Å². The summed E-state index contributed by atoms with van der Waals surface area (Å²) in [5, 5.41) is 4.92. The zero-order valence-electron chi connectivity index (χ0n) is 12.8. The number of benzene rings is 1. The molecule has 1 N–H and O–H groups in total. The molecule has 0 atom stereocenters. The lowest BCUT2D eigenvalue weighted by Crippen LogP contribution is -2.16. The lowest BCUT2D eigenvalue weighted by Gasteiger charge is -2.06. The van der Waals surface area contributed by atoms with Crippen molar-refractivity contribution in [3.8, 4) is 0 Å². The predicted octanol–water partition coefficient (Wildman–Crippen LogP) is 4.45. The van der Waals surface area contributed by atoms with E-state index in [1.165, 1.54) is 29.4 Å². The van der Waals surface area contributed by atoms with Gasteiger partial charge in [0.15, 0.2) is 0 Å². The number of fused-ring (bicyclic) bond motifs is 1. The largest absolute Gasteiger partial charge is 0.459 e. The summed E-state index contributed by atoms with van der Waals surface area (Å²) in [6, 6.07) is 7.29. The van der Waals surface area contributed by atoms with Crippen molar-refractivity contribution in [1.82, 2.24) is 5.32 Å². The minimum atomic E-state index is 0.653. The van der Waals surface area contributed by atoms with Gasteiger partial charge in [-0.1, -0.05) is 39.0 Å². The number of rotatable bonds is 6. The van der Waals surface area contributed by atoms with Crippen LogP contribution >= 0.6 is 0 Å². The van der Waals surface area contributed by atoms with Crippen LogP contribution in [-0.2, 0) is 19.4 Å². The average molecular weight is 271 g/mol. The van der Waals surface area contributed by atoms with Crippen LogP contribution in [0.3, 0.4) is 0 Å². The fraction of sp³-hybridized carbons (Fsp3) is 0.556. The van der Waals surface area contributed by atoms with Crippen LogP contribution in [0.25, 0.3) is 11.0 Å². The van der Waals surface area contributed by atoms with E-state index in [2.05, 4.69) is 44.3 Å². The highest BCUT2D eigenvalue weighted by atomic mass is 16.3. The van der Waals surface area contributed by atoms with Crippen LogP contribution in [0.5, 0.6) is 0 Å². The van der Waals surface area contributed by atoms with Crippen molar-refractivity contribution in [3.05, 3.63) is 35.1 Å². The predicted molar refractivity (Wildman–Crippen MR) is 84.0 cm³/mol. The highest BCUT2D eigenvalue weighted by molar-refractivity contribution is 5.85. The van der Waals surface area contributed by atoms with Gasteiger partial charge in [0.25, 0.3) is 0 Å². The zero-order chi connectivity index (χ0) is 14.1. The van der Waals surface area contributed by atoms with Gasteiger partial charge < -0.3 is 9.73 Å². The summed E-state index contributed by atoms with van der Waals surface area (Å²) < 4.78 is 6.24. The maximum Gasteiger partial charge on any atom is 0.137 e. The van der Waals surface area contributed by atoms with Crippen molar-refractivity contribution in [2.75, 3.05) is 0 Å². The van der Waals surface area contributed by atoms with Gasteiger partial charge in [-0.2, -0.15) is 0 Å². The van der Waals surface area contributed by atoms with Crippen LogP contribution in [0.15, 0.2) is 22.6 Å². The van der Waals surface area contributed by atoms with Crippen LogP contribution in [-0.4, -0.2) is 6.04 Å². The summed E-state index contributed by atoms with van der Waals surface area (Å²) >= 11 is 0. The summed E-state index contributed by atoms with van der Waals surface area (Å²) in [7, 11) is 0. The summed E-state index contributed by atoms with van der Waals surface area (Å²) in [5.41, 5.74) is 3.85. The van der Waals surface area contributed by atoms with Crippen LogP contribution in [0.4, 0.5) is 0 Å². The number of hydrogen-bond donors (Lipinski definition) is 1. The van der Waals surface area contributed by atoms with Gasteiger partial charge in [-0.05, 0) is 37.2 Å². The van der Waals surface area contributed by atoms with Crippen molar-refractivity contribution >= 4 is 11.0 Å². The first-order valence-corrected chi connectivity index (χ1v) is 7.94. The maximum absolute atomic E-state index is 6.24. The number of nitrogens with one attached hydrogen (secondary N) is 1. The third kappa shape index (κ3) is 2.76. The molecule has 1 heterocycles. The summed E-state index contributed by atoms with van der Waals surface area (Å²) in [4.78, 5) is 0. The first-order valence-electron chi connectivity index (χ1n) is 7.94. The molecule has 2 nitrogen and oxygen atoms in total. The van der Waals surface area contributed by atoms with Gasteiger partial charge in [-0.15, -0.1) is 0 Å². The molecule has 1 aliphatic carbocycles. The molecule has 2 heteroatoms. The van der Waals surface area contributed by atoms with Crippen molar-refractivity contribution < 1.29 is 4.42 Å². The molecule has 3 rings (SSSR count). The molecule has 0 saturated heterocycles. The fourth-order valence-corrected chi connectivity index (χ4v) is 2.86. The SMILES string of the molecule is CCc1cccc2c(CC(C)C)c(CNC3CC3)oc12. The molecule has 1 fully saturated rings. The highest BCUT2D eigenvalue weighted by Gasteiger charge is 2.23. The summed E-state index contributed by atoms with van der Waals surface area (Å²) in [6.07, 6.45) is 4.77. The summed E-state index contributed by atoms with van der Waals surface area (Å²) in [6.45, 7) is 7.63. The maximum atomic E-state index is 6.24. The Kier molecular flexibility index (Phi) is 3.84. The quantitative estimate of drug-likeness (QED) is 0.840. The van der Waals surface area contributed by atoms with Gasteiger partial charge in [0.1, 0.15) is 11.3 Å². The van der Waals surface area contributed by atoms with E-state index in [0.29, 0.717) is 5.92 Å². The molecule has 1 aromatic carbocycles. The molecule has 1 aromatic heterocycles. The molecule has 20 heavy (non-hydrogen) atoms. The molecule has 2 aromatic rings. The minimum Gasteiger partial charge on any atom is -0.459 e. The number of para-hydroxylation sites is 1. The topological polar surface area (TPSA) is 25.2 Å². The Morgan fingerprint density at radius 3 is 2.75 bits per heavy atom. The Hall–Kier alpha value is -1.28. The van der Waals surface area contributed by atoms with Crippen LogP contribution in [0.1, 0.15) is 50.5 Å². The molecular weight excluding hydrogens is 246 g/mol. The van der Waals surface area contributed by atoms with Crippen molar-refractivity contribution in [2.24, 2.45) is 5.92 Å². The molecule has 1 saturated carbocycles. The van der Waals surface area contributed by atoms with Crippen molar-refractivity contribution in [3.63, 3.8) is 0 Å². The Bertz CT molecular complexity index is 593. The van der Waals surface area contributed by atoms with E-state index in [1.54, 1.807) is 0 Å². The second-order valence-corrected chi connectivity index (χ2v) is 6.40. The Morgan fingerprint density at radius 2 is 2.10 bits per heavy atom. The molecule has 0 amide bonds. The standard InChI is InChI=1S/C18H25NO/c1-4-13-6-5-7-15-16(10-12(2)3)17(20-18(13)15)11-19-14-8-9-14/h5-7,12,14,19H,4,8-11H2,1-3H3. The zero-order valence-corrected chi connectivity index (χ0v) is 12.8. The van der Waals surface area contributed by atoms with E-state index in [0.717, 1.165) is 36.8 Å². The number of hydrogen-bond acceptors (Lipinski definition) is 2. The molecular formula is C18H25NO. The van der Waals surface area contributed by atoms with E-state index in [1.807, 2.05) is 0 Å². The van der Waals surface area contributed by atoms with Crippen molar-refractivity contribution in [2.45, 2.75) is 59.0 Å². The third-order valence-electron chi connectivity index (χ3n) is 4.11. The normalized spacial score (nSPS) is 15.4. The Labute approximate surface area is 121 Å². The highest BCUT2D eigenvalue weighted by Crippen LogP contribution is 2.31. The van der Waals surface area contributed by atoms with Gasteiger partial charge in [-0.25, -0.2) is 0 Å². The van der Waals surface area contributed by atoms with Gasteiger partial charge in [0.2, 0.25) is 0 Å². The molecule has 0 aliphatic heterocycles. The lowest BCUT2D eigenvalue weighted by molar-refractivity contribution is 0.498. The Balaban J connectivity index is 2.00. The van der Waals surface area contributed by atoms with E-state index >= 15 is 0 Å². The first kappa shape index (κ1) is 13.7. The molecule has 0 bridgehead atoms. The molecule has 108 valence electrons. The second kappa shape index (κ2) is 5.61. The average Bonchev–Trinajstić information content (AvgIpc) is 3.19. The van der Waals surface area contributed by atoms with Gasteiger partial charge in [0, 0.05) is 17.0 Å². The van der Waals surface area contributed by atoms with Crippen LogP contribution in [0, 0.1) is 5.92 Å². The lowest BCUT2D eigenvalue weighted by atomic mass is 9.98. The third-order valence-corrected chi connectivity index (χ3v) is 4.11. The molecule has 0 radical (unpaired) electrons. The molecule has 0 unspecified atom stereocenters. The summed E-state index contributed by atoms with van der Waals surface area (Å²) in [5.74, 6) is 1.81. The Morgan fingerprint density at radius 1 is 1.30 bits per heavy atom. The van der Waals surface area contributed by atoms with Crippen LogP contribution in [0.2, 0.25) is 0 Å². The fourth-order valence-electron chi connectivity index (χ4n) is 2.86. The van der Waals surface area contributed by atoms with E-state index in [-0.39, 0.29) is 0 Å². The molecule has 0 spiro atoms. The first-order chi connectivity index (χ1) is 9.69. The molecule has 1 aliphatic rings. The monoisotopic (exact) mass is 271 g/mol. The number of furan rings is 1. The smallest absolute Gasteiger partial charge is 0.137 e. The minimum absolute atomic E-state index is 0.653. The van der Waals surface area contributed by atoms with Gasteiger partial charge in [0.05, 0.1) is 6.54 Å². The number of aryl methyl sites for hydroxylation is 1. The van der Waals surface area contributed by atoms with E-state index in [9.17, 15) is 0 Å². The van der Waals surface area contributed by atoms with E-state index in [4.69, 9.17) is 4.42 Å². The van der Waals surface area contributed by atoms with E-state index < -0.39 is 0 Å². The van der Waals surface area contributed by atoms with Gasteiger partial charge in [-0.3, -0.25) is 0 Å². The second-order valence-electron chi connectivity index (χ2n) is 6.40. The van der Waals surface area contributed by atoms with Gasteiger partial charge >= 0.3 is 0 Å². The van der Waals surface area contributed by atoms with Crippen molar-refractivity contribution in [1.29, 1.82) is 0 Å².